The molecule has 2 nitrogen and oxygen atoms in total. The molecule has 0 bridgehead atoms. The number of nitrogens with zero attached hydrogens (tertiary/aromatic N) is 1. The van der Waals surface area contributed by atoms with Crippen molar-refractivity contribution < 1.29 is 0 Å². The van der Waals surface area contributed by atoms with Crippen LogP contribution in [0.25, 0.3) is 16.6 Å². The fourth-order valence-corrected chi connectivity index (χ4v) is 2.74. The maximum Gasteiger partial charge on any atom is 0.0528 e. The first kappa shape index (κ1) is 9.92. The van der Waals surface area contributed by atoms with Gasteiger partial charge in [0.15, 0.2) is 0 Å². The van der Waals surface area contributed by atoms with Gasteiger partial charge in [0.05, 0.1) is 5.52 Å². The molecule has 18 heavy (non-hydrogen) atoms. The van der Waals surface area contributed by atoms with Gasteiger partial charge < -0.3 is 9.88 Å². The minimum Gasteiger partial charge on any atom is -0.317 e. The molecular formula is C16H14N2. The van der Waals surface area contributed by atoms with Crippen LogP contribution >= 0.6 is 0 Å². The number of nitrogens with one attached hydrogen (secondary N) is 1. The molecule has 0 aliphatic carbocycles. The van der Waals surface area contributed by atoms with E-state index in [1.54, 1.807) is 0 Å². The molecule has 1 aliphatic rings. The largest absolute Gasteiger partial charge is 0.317 e. The first-order chi connectivity index (χ1) is 8.92. The summed E-state index contributed by atoms with van der Waals surface area (Å²) >= 11 is 0. The predicted molar refractivity (Wildman–Crippen MR) is 73.8 cm³/mol. The molecule has 88 valence electrons. The molecule has 2 heteroatoms. The molecule has 0 spiro atoms. The number of aromatic nitrogens is 1. The summed E-state index contributed by atoms with van der Waals surface area (Å²) in [6, 6.07) is 17.4. The molecule has 0 radical (unpaired) electrons. The summed E-state index contributed by atoms with van der Waals surface area (Å²) in [6.07, 6.45) is 2.15. The van der Waals surface area contributed by atoms with E-state index in [2.05, 4.69) is 64.6 Å². The first-order valence-corrected chi connectivity index (χ1v) is 6.31. The van der Waals surface area contributed by atoms with Crippen LogP contribution in [0, 0.1) is 0 Å². The minimum atomic E-state index is 0.988. The van der Waals surface area contributed by atoms with Gasteiger partial charge in [-0.1, -0.05) is 24.3 Å². The van der Waals surface area contributed by atoms with Crippen LogP contribution < -0.4 is 5.32 Å². The molecule has 3 aromatic rings. The molecule has 0 saturated heterocycles. The SMILES string of the molecule is c1ccc2c(c1)ccn2-c1ccc2c(c1)CNC2. The van der Waals surface area contributed by atoms with Gasteiger partial charge in [0.2, 0.25) is 0 Å². The van der Waals surface area contributed by atoms with Crippen molar-refractivity contribution in [2.75, 3.05) is 0 Å². The Bertz CT molecular complexity index is 725. The van der Waals surface area contributed by atoms with Crippen LogP contribution in [0.2, 0.25) is 0 Å². The second-order valence-corrected chi connectivity index (χ2v) is 4.80. The van der Waals surface area contributed by atoms with Crippen LogP contribution in [0.4, 0.5) is 0 Å². The second-order valence-electron chi connectivity index (χ2n) is 4.80. The zero-order valence-electron chi connectivity index (χ0n) is 10.1. The molecule has 4 rings (SSSR count). The van der Waals surface area contributed by atoms with Crippen LogP contribution in [-0.4, -0.2) is 4.57 Å². The topological polar surface area (TPSA) is 17.0 Å². The highest BCUT2D eigenvalue weighted by Gasteiger charge is 2.11. The molecule has 1 N–H and O–H groups in total. The normalized spacial score (nSPS) is 14.0. The van der Waals surface area contributed by atoms with Crippen molar-refractivity contribution in [1.82, 2.24) is 9.88 Å². The molecule has 0 unspecified atom stereocenters. The average molecular weight is 234 g/mol. The van der Waals surface area contributed by atoms with Gasteiger partial charge in [0.25, 0.3) is 0 Å². The Morgan fingerprint density at radius 2 is 1.78 bits per heavy atom. The number of rotatable bonds is 1. The summed E-state index contributed by atoms with van der Waals surface area (Å²) < 4.78 is 2.26. The summed E-state index contributed by atoms with van der Waals surface area (Å²) in [5.74, 6) is 0. The molecule has 2 heterocycles. The average Bonchev–Trinajstić information content (AvgIpc) is 3.04. The Balaban J connectivity index is 1.92. The first-order valence-electron chi connectivity index (χ1n) is 6.31. The van der Waals surface area contributed by atoms with Crippen molar-refractivity contribution in [3.05, 3.63) is 65.9 Å². The summed E-state index contributed by atoms with van der Waals surface area (Å²) in [5, 5.41) is 4.68. The molecule has 2 aromatic carbocycles. The number of benzene rings is 2. The monoisotopic (exact) mass is 234 g/mol. The van der Waals surface area contributed by atoms with Crippen molar-refractivity contribution in [2.45, 2.75) is 13.1 Å². The summed E-state index contributed by atoms with van der Waals surface area (Å²) in [5.41, 5.74) is 5.36. The quantitative estimate of drug-likeness (QED) is 0.684. The Hall–Kier alpha value is -2.06. The smallest absolute Gasteiger partial charge is 0.0528 e. The third-order valence-corrected chi connectivity index (χ3v) is 3.70. The summed E-state index contributed by atoms with van der Waals surface area (Å²) in [4.78, 5) is 0. The number of hydrogen-bond acceptors (Lipinski definition) is 1. The van der Waals surface area contributed by atoms with E-state index in [1.165, 1.54) is 27.7 Å². The van der Waals surface area contributed by atoms with Gasteiger partial charge in [0, 0.05) is 25.0 Å². The van der Waals surface area contributed by atoms with E-state index in [0.29, 0.717) is 0 Å². The van der Waals surface area contributed by atoms with Gasteiger partial charge in [-0.2, -0.15) is 0 Å². The zero-order chi connectivity index (χ0) is 11.9. The number of hydrogen-bond donors (Lipinski definition) is 1. The van der Waals surface area contributed by atoms with Gasteiger partial charge in [-0.3, -0.25) is 0 Å². The van der Waals surface area contributed by atoms with Crippen LogP contribution in [0.3, 0.4) is 0 Å². The lowest BCUT2D eigenvalue weighted by molar-refractivity contribution is 0.764. The van der Waals surface area contributed by atoms with E-state index in [1.807, 2.05) is 0 Å². The fraction of sp³-hybridized carbons (Fsp3) is 0.125. The lowest BCUT2D eigenvalue weighted by atomic mass is 10.1. The summed E-state index contributed by atoms with van der Waals surface area (Å²) in [6.45, 7) is 1.99. The Kier molecular flexibility index (Phi) is 2.05. The highest BCUT2D eigenvalue weighted by atomic mass is 15.0. The maximum atomic E-state index is 3.39. The molecule has 0 atom stereocenters. The van der Waals surface area contributed by atoms with Gasteiger partial charge in [-0.15, -0.1) is 0 Å². The Labute approximate surface area is 106 Å². The van der Waals surface area contributed by atoms with Gasteiger partial charge in [0.1, 0.15) is 0 Å². The van der Waals surface area contributed by atoms with E-state index in [9.17, 15) is 0 Å². The fourth-order valence-electron chi connectivity index (χ4n) is 2.74. The van der Waals surface area contributed by atoms with E-state index >= 15 is 0 Å². The van der Waals surface area contributed by atoms with E-state index in [4.69, 9.17) is 0 Å². The van der Waals surface area contributed by atoms with Gasteiger partial charge in [-0.25, -0.2) is 0 Å². The standard InChI is InChI=1S/C16H14N2/c1-2-4-16-12(3-1)7-8-18(16)15-6-5-13-10-17-11-14(13)9-15/h1-9,17H,10-11H2. The zero-order valence-corrected chi connectivity index (χ0v) is 10.1. The highest BCUT2D eigenvalue weighted by molar-refractivity contribution is 5.81. The molecule has 1 aliphatic heterocycles. The lowest BCUT2D eigenvalue weighted by Gasteiger charge is -2.07. The third kappa shape index (κ3) is 1.39. The van der Waals surface area contributed by atoms with Crippen molar-refractivity contribution in [2.24, 2.45) is 0 Å². The molecule has 0 fully saturated rings. The highest BCUT2D eigenvalue weighted by Crippen LogP contribution is 2.23. The van der Waals surface area contributed by atoms with Crippen molar-refractivity contribution >= 4 is 10.9 Å². The Morgan fingerprint density at radius 1 is 0.889 bits per heavy atom. The van der Waals surface area contributed by atoms with Crippen molar-refractivity contribution in [3.8, 4) is 5.69 Å². The minimum absolute atomic E-state index is 0.988. The van der Waals surface area contributed by atoms with Crippen molar-refractivity contribution in [3.63, 3.8) is 0 Å². The van der Waals surface area contributed by atoms with Crippen LogP contribution in [0.15, 0.2) is 54.7 Å². The maximum absolute atomic E-state index is 3.39. The van der Waals surface area contributed by atoms with Gasteiger partial charge >= 0.3 is 0 Å². The third-order valence-electron chi connectivity index (χ3n) is 3.70. The molecule has 0 amide bonds. The molecular weight excluding hydrogens is 220 g/mol. The van der Waals surface area contributed by atoms with Crippen LogP contribution in [0.1, 0.15) is 11.1 Å². The van der Waals surface area contributed by atoms with E-state index < -0.39 is 0 Å². The van der Waals surface area contributed by atoms with E-state index in [-0.39, 0.29) is 0 Å². The molecule has 1 aromatic heterocycles. The second kappa shape index (κ2) is 3.72. The number of fused-ring (bicyclic) bond motifs is 2. The Morgan fingerprint density at radius 3 is 2.78 bits per heavy atom. The molecule has 0 saturated carbocycles. The lowest BCUT2D eigenvalue weighted by Crippen LogP contribution is -1.99. The summed E-state index contributed by atoms with van der Waals surface area (Å²) in [7, 11) is 0. The van der Waals surface area contributed by atoms with Crippen LogP contribution in [0.5, 0.6) is 0 Å². The van der Waals surface area contributed by atoms with E-state index in [0.717, 1.165) is 13.1 Å². The van der Waals surface area contributed by atoms with Crippen molar-refractivity contribution in [1.29, 1.82) is 0 Å². The number of para-hydroxylation sites is 1. The van der Waals surface area contributed by atoms with Crippen LogP contribution in [-0.2, 0) is 13.1 Å². The van der Waals surface area contributed by atoms with Gasteiger partial charge in [-0.05, 0) is 40.8 Å². The predicted octanol–water partition coefficient (Wildman–Crippen LogP) is 3.23.